The van der Waals surface area contributed by atoms with Gasteiger partial charge in [-0.15, -0.1) is 22.7 Å². The number of nitrogens with one attached hydrogen (secondary N) is 1. The van der Waals surface area contributed by atoms with E-state index in [1.165, 1.54) is 20.1 Å². The number of nitrogens with zero attached hydrogens (tertiary/aromatic N) is 1. The monoisotopic (exact) mass is 320 g/mol. The number of rotatable bonds is 5. The van der Waals surface area contributed by atoms with Crippen molar-refractivity contribution < 1.29 is 0 Å². The lowest BCUT2D eigenvalue weighted by atomic mass is 10.3. The summed E-state index contributed by atoms with van der Waals surface area (Å²) in [6, 6.07) is 10.8. The van der Waals surface area contributed by atoms with E-state index in [1.54, 1.807) is 23.1 Å². The van der Waals surface area contributed by atoms with Crippen molar-refractivity contribution in [3.8, 4) is 0 Å². The Morgan fingerprint density at radius 3 is 2.75 bits per heavy atom. The molecule has 0 spiro atoms. The molecule has 1 aromatic carbocycles. The third-order valence-corrected chi connectivity index (χ3v) is 6.31. The summed E-state index contributed by atoms with van der Waals surface area (Å²) >= 11 is 5.35. The minimum atomic E-state index is 0.893. The summed E-state index contributed by atoms with van der Waals surface area (Å²) in [5, 5.41) is 3.50. The first-order chi connectivity index (χ1) is 9.78. The van der Waals surface area contributed by atoms with E-state index < -0.39 is 0 Å². The fourth-order valence-corrected chi connectivity index (χ4v) is 4.42. The molecule has 0 bridgehead atoms. The molecular weight excluding hydrogens is 304 g/mol. The molecule has 0 fully saturated rings. The van der Waals surface area contributed by atoms with Crippen LogP contribution in [0, 0.1) is 0 Å². The van der Waals surface area contributed by atoms with Gasteiger partial charge in [0.05, 0.1) is 10.2 Å². The van der Waals surface area contributed by atoms with Crippen LogP contribution in [0.1, 0.15) is 16.7 Å². The number of aromatic nitrogens is 1. The van der Waals surface area contributed by atoms with E-state index in [0.29, 0.717) is 0 Å². The maximum atomic E-state index is 4.56. The van der Waals surface area contributed by atoms with Crippen LogP contribution >= 0.6 is 34.4 Å². The molecule has 0 unspecified atom stereocenters. The summed E-state index contributed by atoms with van der Waals surface area (Å²) in [5.41, 5.74) is 2.26. The normalized spacial score (nSPS) is 11.1. The average Bonchev–Trinajstić information content (AvgIpc) is 3.10. The molecule has 2 nitrogen and oxygen atoms in total. The zero-order valence-electron chi connectivity index (χ0n) is 11.5. The summed E-state index contributed by atoms with van der Waals surface area (Å²) in [6.07, 6.45) is 3.19. The van der Waals surface area contributed by atoms with Crippen LogP contribution in [0.3, 0.4) is 0 Å². The Kier molecular flexibility index (Phi) is 4.29. The highest BCUT2D eigenvalue weighted by molar-refractivity contribution is 8.00. The van der Waals surface area contributed by atoms with Gasteiger partial charge in [0.2, 0.25) is 0 Å². The van der Waals surface area contributed by atoms with Crippen molar-refractivity contribution in [1.82, 2.24) is 4.98 Å². The summed E-state index contributed by atoms with van der Waals surface area (Å²) in [7, 11) is 0. The van der Waals surface area contributed by atoms with Gasteiger partial charge in [0.15, 0.2) is 4.34 Å². The van der Waals surface area contributed by atoms with E-state index in [0.717, 1.165) is 22.8 Å². The topological polar surface area (TPSA) is 24.9 Å². The quantitative estimate of drug-likeness (QED) is 0.650. The Bertz CT molecular complexity index is 715. The van der Waals surface area contributed by atoms with Crippen molar-refractivity contribution in [2.24, 2.45) is 0 Å². The van der Waals surface area contributed by atoms with E-state index in [4.69, 9.17) is 0 Å². The van der Waals surface area contributed by atoms with E-state index >= 15 is 0 Å². The second kappa shape index (κ2) is 6.16. The number of hydrogen-bond acceptors (Lipinski definition) is 5. The molecule has 2 aromatic heterocycles. The third-order valence-electron chi connectivity index (χ3n) is 3.08. The Morgan fingerprint density at radius 2 is 2.00 bits per heavy atom. The van der Waals surface area contributed by atoms with Gasteiger partial charge in [-0.2, -0.15) is 0 Å². The van der Waals surface area contributed by atoms with E-state index in [2.05, 4.69) is 53.8 Å². The molecule has 20 heavy (non-hydrogen) atoms. The van der Waals surface area contributed by atoms with Gasteiger partial charge in [0.1, 0.15) is 0 Å². The van der Waals surface area contributed by atoms with Crippen LogP contribution < -0.4 is 5.32 Å². The van der Waals surface area contributed by atoms with E-state index in [9.17, 15) is 0 Å². The number of anilines is 1. The van der Waals surface area contributed by atoms with E-state index in [-0.39, 0.29) is 0 Å². The second-order valence-electron chi connectivity index (χ2n) is 4.44. The lowest BCUT2D eigenvalue weighted by Crippen LogP contribution is -1.96. The van der Waals surface area contributed by atoms with Crippen molar-refractivity contribution in [3.63, 3.8) is 0 Å². The number of aryl methyl sites for hydroxylation is 1. The maximum absolute atomic E-state index is 4.56. The molecule has 5 heteroatoms. The zero-order chi connectivity index (χ0) is 13.9. The van der Waals surface area contributed by atoms with Crippen molar-refractivity contribution in [3.05, 3.63) is 40.1 Å². The highest BCUT2D eigenvalue weighted by Crippen LogP contribution is 2.30. The van der Waals surface area contributed by atoms with Crippen molar-refractivity contribution in [2.75, 3.05) is 11.6 Å². The molecule has 104 valence electrons. The Labute approximate surface area is 131 Å². The lowest BCUT2D eigenvalue weighted by molar-refractivity contribution is 1.19. The van der Waals surface area contributed by atoms with Crippen LogP contribution in [0.2, 0.25) is 0 Å². The zero-order valence-corrected chi connectivity index (χ0v) is 13.9. The number of benzene rings is 1. The van der Waals surface area contributed by atoms with Gasteiger partial charge in [-0.3, -0.25) is 0 Å². The van der Waals surface area contributed by atoms with Gasteiger partial charge in [-0.05, 0) is 43.0 Å². The van der Waals surface area contributed by atoms with Gasteiger partial charge < -0.3 is 5.32 Å². The number of hydrogen-bond donors (Lipinski definition) is 1. The van der Waals surface area contributed by atoms with Gasteiger partial charge in [-0.1, -0.05) is 18.7 Å². The molecular formula is C15H16N2S3. The third kappa shape index (κ3) is 3.00. The SMILES string of the molecule is CCc1ccc(CNc2ccc3nc(SC)sc3c2)s1. The molecule has 1 N–H and O–H groups in total. The molecule has 2 heterocycles. The molecule has 3 rings (SSSR count). The Balaban J connectivity index is 1.73. The molecule has 0 aliphatic carbocycles. The minimum absolute atomic E-state index is 0.893. The Hall–Kier alpha value is -1.04. The maximum Gasteiger partial charge on any atom is 0.150 e. The number of thioether (sulfide) groups is 1. The van der Waals surface area contributed by atoms with Gasteiger partial charge in [0.25, 0.3) is 0 Å². The molecule has 0 atom stereocenters. The standard InChI is InChI=1S/C15H16N2S3/c1-3-11-5-6-12(19-11)9-16-10-4-7-13-14(8-10)20-15(17-13)18-2/h4-8,16H,3,9H2,1-2H3. The van der Waals surface area contributed by atoms with Crippen LogP contribution in [0.15, 0.2) is 34.7 Å². The fourth-order valence-electron chi connectivity index (χ4n) is 2.00. The molecule has 3 aromatic rings. The number of thiazole rings is 1. The highest BCUT2D eigenvalue weighted by atomic mass is 32.2. The van der Waals surface area contributed by atoms with Gasteiger partial charge in [0, 0.05) is 22.0 Å². The van der Waals surface area contributed by atoms with Crippen LogP contribution in [0.5, 0.6) is 0 Å². The lowest BCUT2D eigenvalue weighted by Gasteiger charge is -2.04. The van der Waals surface area contributed by atoms with Crippen molar-refractivity contribution in [2.45, 2.75) is 24.2 Å². The highest BCUT2D eigenvalue weighted by Gasteiger charge is 2.04. The number of fused-ring (bicyclic) bond motifs is 1. The minimum Gasteiger partial charge on any atom is -0.380 e. The molecule has 0 aliphatic heterocycles. The first-order valence-electron chi connectivity index (χ1n) is 6.54. The van der Waals surface area contributed by atoms with Crippen LogP contribution in [-0.2, 0) is 13.0 Å². The van der Waals surface area contributed by atoms with Crippen molar-refractivity contribution in [1.29, 1.82) is 0 Å². The summed E-state index contributed by atoms with van der Waals surface area (Å²) in [6.45, 7) is 3.09. The van der Waals surface area contributed by atoms with Crippen LogP contribution in [0.4, 0.5) is 5.69 Å². The first-order valence-corrected chi connectivity index (χ1v) is 9.40. The Morgan fingerprint density at radius 1 is 1.15 bits per heavy atom. The van der Waals surface area contributed by atoms with Gasteiger partial charge >= 0.3 is 0 Å². The smallest absolute Gasteiger partial charge is 0.150 e. The molecule has 0 radical (unpaired) electrons. The summed E-state index contributed by atoms with van der Waals surface area (Å²) in [5.74, 6) is 0. The molecule has 0 aliphatic rings. The van der Waals surface area contributed by atoms with Crippen LogP contribution in [-0.4, -0.2) is 11.2 Å². The first kappa shape index (κ1) is 13.9. The largest absolute Gasteiger partial charge is 0.380 e. The summed E-state index contributed by atoms with van der Waals surface area (Å²) in [4.78, 5) is 7.39. The summed E-state index contributed by atoms with van der Waals surface area (Å²) < 4.78 is 2.38. The number of thiophene rings is 1. The van der Waals surface area contributed by atoms with Gasteiger partial charge in [-0.25, -0.2) is 4.98 Å². The average molecular weight is 321 g/mol. The van der Waals surface area contributed by atoms with E-state index in [1.807, 2.05) is 11.3 Å². The molecule has 0 saturated carbocycles. The fraction of sp³-hybridized carbons (Fsp3) is 0.267. The second-order valence-corrected chi connectivity index (χ2v) is 7.78. The molecule has 0 amide bonds. The molecule has 0 saturated heterocycles. The van der Waals surface area contributed by atoms with Crippen LogP contribution in [0.25, 0.3) is 10.2 Å². The van der Waals surface area contributed by atoms with Crippen molar-refractivity contribution >= 4 is 50.3 Å². The predicted molar refractivity (Wildman–Crippen MR) is 92.4 cm³/mol. The predicted octanol–water partition coefficient (Wildman–Crippen LogP) is 5.25.